The minimum absolute atomic E-state index is 0. The Morgan fingerprint density at radius 2 is 0.390 bits per heavy atom. The third kappa shape index (κ3) is 9.21. The van der Waals surface area contributed by atoms with Crippen molar-refractivity contribution in [1.29, 1.82) is 0 Å². The number of benzene rings is 6. The maximum Gasteiger partial charge on any atom is 0.102 e. The van der Waals surface area contributed by atoms with E-state index in [1.165, 1.54) is 31.8 Å². The molecule has 0 bridgehead atoms. The van der Waals surface area contributed by atoms with Crippen molar-refractivity contribution in [3.63, 3.8) is 0 Å². The summed E-state index contributed by atoms with van der Waals surface area (Å²) in [5, 5.41) is 8.61. The van der Waals surface area contributed by atoms with Crippen LogP contribution in [0.15, 0.2) is 189 Å². The molecule has 0 N–H and O–H groups in total. The van der Waals surface area contributed by atoms with Crippen LogP contribution >= 0.6 is 15.8 Å². The molecule has 0 unspecified atom stereocenters. The SMILES string of the molecule is [CH-]=C.[Ni].c1ccc([PH+](c2ccccc2)c2ccccc2)cc1.c1ccc([PH+](c2ccccc2)c2ccccc2)cc1. The molecule has 0 aliphatic rings. The zero-order chi connectivity index (χ0) is 27.8. The molecule has 0 aliphatic heterocycles. The van der Waals surface area contributed by atoms with Crippen LogP contribution in [0.4, 0.5) is 0 Å². The first-order chi connectivity index (χ1) is 19.9. The van der Waals surface area contributed by atoms with E-state index in [4.69, 9.17) is 0 Å². The summed E-state index contributed by atoms with van der Waals surface area (Å²) >= 11 is 0. The average Bonchev–Trinajstić information content (AvgIpc) is 3.06. The van der Waals surface area contributed by atoms with Crippen molar-refractivity contribution >= 4 is 47.7 Å². The third-order valence-corrected chi connectivity index (χ3v) is 11.8. The number of rotatable bonds is 6. The molecule has 6 aromatic carbocycles. The van der Waals surface area contributed by atoms with Crippen LogP contribution in [0.1, 0.15) is 0 Å². The smallest absolute Gasteiger partial charge is 0.102 e. The molecule has 0 saturated carbocycles. The first kappa shape index (κ1) is 31.9. The largest absolute Gasteiger partial charge is 0.521 e. The van der Waals surface area contributed by atoms with Gasteiger partial charge in [0.25, 0.3) is 0 Å². The fraction of sp³-hybridized carbons (Fsp3) is 0. The van der Waals surface area contributed by atoms with Crippen LogP contribution in [-0.2, 0) is 16.5 Å². The van der Waals surface area contributed by atoms with Gasteiger partial charge < -0.3 is 6.58 Å². The molecule has 0 nitrogen and oxygen atoms in total. The van der Waals surface area contributed by atoms with Crippen LogP contribution in [0.5, 0.6) is 0 Å². The minimum atomic E-state index is -0.877. The van der Waals surface area contributed by atoms with Gasteiger partial charge in [0.1, 0.15) is 31.8 Å². The van der Waals surface area contributed by atoms with Gasteiger partial charge in [0, 0.05) is 16.5 Å². The van der Waals surface area contributed by atoms with Crippen LogP contribution in [0.25, 0.3) is 0 Å². The molecule has 6 aromatic rings. The molecule has 0 aromatic heterocycles. The molecule has 0 amide bonds. The van der Waals surface area contributed by atoms with Gasteiger partial charge in [0.2, 0.25) is 0 Å². The summed E-state index contributed by atoms with van der Waals surface area (Å²) in [5.41, 5.74) is 0. The van der Waals surface area contributed by atoms with Crippen molar-refractivity contribution in [2.24, 2.45) is 0 Å². The van der Waals surface area contributed by atoms with E-state index < -0.39 is 15.8 Å². The zero-order valence-electron chi connectivity index (χ0n) is 22.9. The molecule has 0 saturated heterocycles. The first-order valence-electron chi connectivity index (χ1n) is 13.4. The molecule has 0 spiro atoms. The summed E-state index contributed by atoms with van der Waals surface area (Å²) in [6.07, 6.45) is 0. The molecule has 0 aliphatic carbocycles. The van der Waals surface area contributed by atoms with Gasteiger partial charge in [0.15, 0.2) is 0 Å². The molecule has 0 atom stereocenters. The summed E-state index contributed by atoms with van der Waals surface area (Å²) in [4.78, 5) is 0. The van der Waals surface area contributed by atoms with Crippen molar-refractivity contribution in [3.05, 3.63) is 195 Å². The molecule has 0 radical (unpaired) electrons. The number of hydrogen-bond donors (Lipinski definition) is 0. The van der Waals surface area contributed by atoms with Crippen molar-refractivity contribution < 1.29 is 16.5 Å². The summed E-state index contributed by atoms with van der Waals surface area (Å²) in [6, 6.07) is 65.0. The fourth-order valence-corrected chi connectivity index (χ4v) is 9.78. The van der Waals surface area contributed by atoms with Gasteiger partial charge in [-0.15, -0.1) is 0 Å². The van der Waals surface area contributed by atoms with Crippen LogP contribution in [-0.4, -0.2) is 0 Å². The van der Waals surface area contributed by atoms with Gasteiger partial charge in [0.05, 0.1) is 15.8 Å². The molecule has 3 heteroatoms. The van der Waals surface area contributed by atoms with E-state index in [1.807, 2.05) is 0 Å². The standard InChI is InChI=1S/2C18H15P.C2H3.Ni/c2*1-4-10-16(11-5-1)19(17-12-6-2-7-13-17)18-14-8-3-9-15-18;1-2;/h2*1-15H;1H,2H2;/q;;-1;/p+2. The van der Waals surface area contributed by atoms with E-state index in [9.17, 15) is 0 Å². The van der Waals surface area contributed by atoms with E-state index >= 15 is 0 Å². The summed E-state index contributed by atoms with van der Waals surface area (Å²) in [5.74, 6) is 0. The van der Waals surface area contributed by atoms with Gasteiger partial charge in [-0.2, -0.15) is 0 Å². The summed E-state index contributed by atoms with van der Waals surface area (Å²) in [7, 11) is -1.75. The normalized spacial score (nSPS) is 9.90. The van der Waals surface area contributed by atoms with E-state index in [2.05, 4.69) is 195 Å². The zero-order valence-corrected chi connectivity index (χ0v) is 25.9. The van der Waals surface area contributed by atoms with Gasteiger partial charge in [-0.3, -0.25) is 6.58 Å². The maximum atomic E-state index is 4.25. The van der Waals surface area contributed by atoms with Crippen molar-refractivity contribution in [2.45, 2.75) is 0 Å². The fourth-order valence-electron chi connectivity index (χ4n) is 4.63. The van der Waals surface area contributed by atoms with Gasteiger partial charge >= 0.3 is 0 Å². The van der Waals surface area contributed by atoms with Crippen molar-refractivity contribution in [2.75, 3.05) is 0 Å². The van der Waals surface area contributed by atoms with E-state index in [0.29, 0.717) is 0 Å². The molecule has 206 valence electrons. The number of hydrogen-bond acceptors (Lipinski definition) is 0. The van der Waals surface area contributed by atoms with Gasteiger partial charge in [-0.25, -0.2) is 0 Å². The van der Waals surface area contributed by atoms with Crippen LogP contribution < -0.4 is 31.8 Å². The minimum Gasteiger partial charge on any atom is -0.521 e. The van der Waals surface area contributed by atoms with E-state index in [1.54, 1.807) is 0 Å². The predicted octanol–water partition coefficient (Wildman–Crippen LogP) is 6.96. The predicted molar refractivity (Wildman–Crippen MR) is 183 cm³/mol. The second-order valence-corrected chi connectivity index (χ2v) is 13.9. The Morgan fingerprint density at radius 3 is 0.512 bits per heavy atom. The Kier molecular flexibility index (Phi) is 14.0. The summed E-state index contributed by atoms with van der Waals surface area (Å²) < 4.78 is 0. The van der Waals surface area contributed by atoms with Crippen LogP contribution in [0.3, 0.4) is 0 Å². The van der Waals surface area contributed by atoms with E-state index in [0.717, 1.165) is 0 Å². The van der Waals surface area contributed by atoms with Gasteiger partial charge in [-0.05, 0) is 72.8 Å². The van der Waals surface area contributed by atoms with E-state index in [-0.39, 0.29) is 16.5 Å². The van der Waals surface area contributed by atoms with Crippen LogP contribution in [0, 0.1) is 6.58 Å². The quantitative estimate of drug-likeness (QED) is 0.109. The average molecular weight is 612 g/mol. The molecule has 6 rings (SSSR count). The first-order valence-corrected chi connectivity index (χ1v) is 16.4. The molecule has 41 heavy (non-hydrogen) atoms. The third-order valence-electron chi connectivity index (χ3n) is 6.37. The van der Waals surface area contributed by atoms with Gasteiger partial charge in [-0.1, -0.05) is 109 Å². The second kappa shape index (κ2) is 18.0. The second-order valence-electron chi connectivity index (χ2n) is 8.95. The molecular formula is C38H35NiP2+. The maximum absolute atomic E-state index is 4.25. The Labute approximate surface area is 258 Å². The Hall–Kier alpha value is -3.59. The Morgan fingerprint density at radius 1 is 0.268 bits per heavy atom. The Bertz CT molecular complexity index is 1190. The van der Waals surface area contributed by atoms with Crippen molar-refractivity contribution in [3.8, 4) is 0 Å². The molecule has 0 fully saturated rings. The van der Waals surface area contributed by atoms with Crippen molar-refractivity contribution in [1.82, 2.24) is 0 Å². The van der Waals surface area contributed by atoms with Crippen LogP contribution in [0.2, 0.25) is 0 Å². The monoisotopic (exact) mass is 611 g/mol. The molecule has 0 heterocycles. The summed E-state index contributed by atoms with van der Waals surface area (Å²) in [6.45, 7) is 7.00. The topological polar surface area (TPSA) is 0 Å². The molecular weight excluding hydrogens is 577 g/mol. The Balaban J connectivity index is 0.000000208.